The summed E-state index contributed by atoms with van der Waals surface area (Å²) in [5.41, 5.74) is -2.77. The lowest BCUT2D eigenvalue weighted by atomic mass is 9.90. The molecule has 0 radical (unpaired) electrons. The van der Waals surface area contributed by atoms with Crippen LogP contribution in [0.5, 0.6) is 0 Å². The minimum atomic E-state index is -1.42. The molecule has 8 N–H and O–H groups in total. The minimum absolute atomic E-state index is 0.0908. The number of ketones is 2. The lowest BCUT2D eigenvalue weighted by Gasteiger charge is -2.32. The standard InChI is InChI=1S/C33H56N8O12/c1-7-11-32(5,38-14-26(46)35-13-25(45)34-10-4)23(43)19-41(21-31(52)53)29(49)17-37-27(47)15-39-33(6,12-8-2)22(42)18-40(20-30(50)51)28(48)16-36-24(44)9-3/h38-39H,7-21H2,1-6H3,(H,34,45)(H,35,46)(H,36,44)(H,37,47)(H,50,51)(H,52,53). The first-order valence-electron chi connectivity index (χ1n) is 17.4. The summed E-state index contributed by atoms with van der Waals surface area (Å²) in [5.74, 6) is -7.91. The van der Waals surface area contributed by atoms with Gasteiger partial charge in [-0.25, -0.2) is 0 Å². The number of aliphatic carboxylic acids is 2. The van der Waals surface area contributed by atoms with Crippen LogP contribution < -0.4 is 31.9 Å². The molecule has 0 rings (SSSR count). The maximum atomic E-state index is 13.4. The Morgan fingerprint density at radius 2 is 0.849 bits per heavy atom. The van der Waals surface area contributed by atoms with Crippen LogP contribution in [0.1, 0.15) is 73.6 Å². The first kappa shape index (κ1) is 48.0. The highest BCUT2D eigenvalue weighted by molar-refractivity contribution is 5.97. The molecule has 6 amide bonds. The number of nitrogens with zero attached hydrogens (tertiary/aromatic N) is 2. The van der Waals surface area contributed by atoms with Gasteiger partial charge >= 0.3 is 11.9 Å². The molecule has 20 heteroatoms. The van der Waals surface area contributed by atoms with Gasteiger partial charge in [0.1, 0.15) is 13.1 Å². The predicted octanol–water partition coefficient (Wildman–Crippen LogP) is -2.86. The van der Waals surface area contributed by atoms with Crippen molar-refractivity contribution in [3.8, 4) is 0 Å². The van der Waals surface area contributed by atoms with Crippen molar-refractivity contribution in [3.05, 3.63) is 0 Å². The normalized spacial score (nSPS) is 12.9. The molecule has 0 aromatic carbocycles. The van der Waals surface area contributed by atoms with Gasteiger partial charge in [0.2, 0.25) is 35.4 Å². The molecular formula is C33H56N8O12. The number of rotatable bonds is 28. The summed E-state index contributed by atoms with van der Waals surface area (Å²) in [4.78, 5) is 125. The second-order valence-electron chi connectivity index (χ2n) is 12.6. The van der Waals surface area contributed by atoms with Gasteiger partial charge in [-0.1, -0.05) is 33.6 Å². The third kappa shape index (κ3) is 18.9. The summed E-state index contributed by atoms with van der Waals surface area (Å²) in [7, 11) is 0. The van der Waals surface area contributed by atoms with Gasteiger partial charge in [-0.3, -0.25) is 58.6 Å². The van der Waals surface area contributed by atoms with E-state index in [1.54, 1.807) is 27.7 Å². The number of amides is 6. The van der Waals surface area contributed by atoms with E-state index < -0.39 is 116 Å². The zero-order valence-electron chi connectivity index (χ0n) is 31.5. The van der Waals surface area contributed by atoms with Gasteiger partial charge in [-0.15, -0.1) is 0 Å². The first-order valence-corrected chi connectivity index (χ1v) is 17.4. The molecule has 0 heterocycles. The van der Waals surface area contributed by atoms with Gasteiger partial charge in [0.15, 0.2) is 11.6 Å². The molecule has 53 heavy (non-hydrogen) atoms. The number of Topliss-reactive ketones (excluding diaryl/α,β-unsaturated/α-hetero) is 2. The quantitative estimate of drug-likeness (QED) is 0.0399. The van der Waals surface area contributed by atoms with Gasteiger partial charge in [0.25, 0.3) is 0 Å². The molecule has 0 bridgehead atoms. The maximum absolute atomic E-state index is 13.4. The second kappa shape index (κ2) is 24.3. The lowest BCUT2D eigenvalue weighted by Crippen LogP contribution is -2.58. The summed E-state index contributed by atoms with van der Waals surface area (Å²) in [5, 5.41) is 33.9. The van der Waals surface area contributed by atoms with Gasteiger partial charge in [0.05, 0.1) is 56.9 Å². The smallest absolute Gasteiger partial charge is 0.323 e. The first-order chi connectivity index (χ1) is 24.8. The van der Waals surface area contributed by atoms with Crippen molar-refractivity contribution in [1.82, 2.24) is 41.7 Å². The van der Waals surface area contributed by atoms with Crippen molar-refractivity contribution in [2.24, 2.45) is 0 Å². The van der Waals surface area contributed by atoms with Crippen molar-refractivity contribution < 1.29 is 58.2 Å². The van der Waals surface area contributed by atoms with E-state index in [0.29, 0.717) is 19.4 Å². The number of carbonyl (C=O) groups excluding carboxylic acids is 8. The van der Waals surface area contributed by atoms with Crippen LogP contribution >= 0.6 is 0 Å². The molecule has 0 fully saturated rings. The zero-order valence-corrected chi connectivity index (χ0v) is 31.5. The number of hydrogen-bond acceptors (Lipinski definition) is 12. The van der Waals surface area contributed by atoms with E-state index in [1.807, 2.05) is 0 Å². The van der Waals surface area contributed by atoms with Crippen LogP contribution in [0.25, 0.3) is 0 Å². The Labute approximate surface area is 308 Å². The van der Waals surface area contributed by atoms with Crippen molar-refractivity contribution in [2.75, 3.05) is 65.4 Å². The summed E-state index contributed by atoms with van der Waals surface area (Å²) >= 11 is 0. The molecular weight excluding hydrogens is 700 g/mol. The third-order valence-electron chi connectivity index (χ3n) is 8.05. The van der Waals surface area contributed by atoms with E-state index in [0.717, 1.165) is 9.80 Å². The van der Waals surface area contributed by atoms with Crippen LogP contribution in [-0.2, 0) is 47.9 Å². The average Bonchev–Trinajstić information content (AvgIpc) is 3.09. The van der Waals surface area contributed by atoms with Gasteiger partial charge in [-0.05, 0) is 33.6 Å². The van der Waals surface area contributed by atoms with Gasteiger partial charge < -0.3 is 41.3 Å². The van der Waals surface area contributed by atoms with Crippen LogP contribution in [0.3, 0.4) is 0 Å². The van der Waals surface area contributed by atoms with Crippen LogP contribution in [0.2, 0.25) is 0 Å². The van der Waals surface area contributed by atoms with E-state index in [2.05, 4.69) is 31.9 Å². The van der Waals surface area contributed by atoms with E-state index in [4.69, 9.17) is 0 Å². The van der Waals surface area contributed by atoms with Crippen LogP contribution in [-0.4, -0.2) is 155 Å². The molecule has 0 aromatic rings. The fraction of sp³-hybridized carbons (Fsp3) is 0.697. The molecule has 0 saturated carbocycles. The van der Waals surface area contributed by atoms with E-state index >= 15 is 0 Å². The molecule has 0 aliphatic heterocycles. The highest BCUT2D eigenvalue weighted by Gasteiger charge is 2.36. The SMILES string of the molecule is CCCC(C)(NCC(=O)NCC(=O)NCC)C(=O)CN(CC(=O)O)C(=O)CNC(=O)CNC(C)(CCC)C(=O)CN(CC(=O)O)C(=O)CNC(=O)CC. The van der Waals surface area contributed by atoms with Crippen LogP contribution in [0.15, 0.2) is 0 Å². The predicted molar refractivity (Wildman–Crippen MR) is 189 cm³/mol. The highest BCUT2D eigenvalue weighted by Crippen LogP contribution is 2.16. The Morgan fingerprint density at radius 3 is 1.19 bits per heavy atom. The van der Waals surface area contributed by atoms with Gasteiger partial charge in [-0.2, -0.15) is 0 Å². The molecule has 0 aliphatic rings. The molecule has 20 nitrogen and oxygen atoms in total. The topological polar surface area (TPSA) is 290 Å². The highest BCUT2D eigenvalue weighted by atomic mass is 16.4. The molecule has 0 spiro atoms. The molecule has 0 aromatic heterocycles. The second-order valence-corrected chi connectivity index (χ2v) is 12.6. The summed E-state index contributed by atoms with van der Waals surface area (Å²) in [6.45, 7) is 4.85. The third-order valence-corrected chi connectivity index (χ3v) is 8.05. The zero-order chi connectivity index (χ0) is 40.8. The number of carboxylic acids is 2. The summed E-state index contributed by atoms with van der Waals surface area (Å²) in [6.07, 6.45) is 1.41. The summed E-state index contributed by atoms with van der Waals surface area (Å²) in [6, 6.07) is 0. The van der Waals surface area contributed by atoms with Crippen molar-refractivity contribution in [3.63, 3.8) is 0 Å². The minimum Gasteiger partial charge on any atom is -0.480 e. The number of carboxylic acid groups (broad SMARTS) is 2. The maximum Gasteiger partial charge on any atom is 0.323 e. The Bertz CT molecular complexity index is 1340. The lowest BCUT2D eigenvalue weighted by molar-refractivity contribution is -0.146. The molecule has 0 saturated heterocycles. The number of nitrogens with one attached hydrogen (secondary N) is 6. The molecule has 300 valence electrons. The molecule has 2 unspecified atom stereocenters. The van der Waals surface area contributed by atoms with Crippen LogP contribution in [0, 0.1) is 0 Å². The fourth-order valence-corrected chi connectivity index (χ4v) is 4.95. The van der Waals surface area contributed by atoms with Crippen LogP contribution in [0.4, 0.5) is 0 Å². The Hall–Kier alpha value is -4.98. The number of likely N-dealkylation sites (N-methyl/N-ethyl adjacent to an activating group) is 1. The average molecular weight is 757 g/mol. The van der Waals surface area contributed by atoms with E-state index in [-0.39, 0.29) is 32.4 Å². The number of hydrogen-bond donors (Lipinski definition) is 8. The van der Waals surface area contributed by atoms with E-state index in [1.165, 1.54) is 13.8 Å². The fourth-order valence-electron chi connectivity index (χ4n) is 4.95. The van der Waals surface area contributed by atoms with Crippen molar-refractivity contribution in [1.29, 1.82) is 0 Å². The molecule has 2 atom stereocenters. The molecule has 0 aliphatic carbocycles. The van der Waals surface area contributed by atoms with Crippen molar-refractivity contribution in [2.45, 2.75) is 84.7 Å². The van der Waals surface area contributed by atoms with E-state index in [9.17, 15) is 58.2 Å². The Kier molecular flexibility index (Phi) is 22.0. The largest absolute Gasteiger partial charge is 0.480 e. The number of carbonyl (C=O) groups is 10. The monoisotopic (exact) mass is 756 g/mol. The van der Waals surface area contributed by atoms with Crippen molar-refractivity contribution >= 4 is 58.9 Å². The Balaban J connectivity index is 5.55. The van der Waals surface area contributed by atoms with Gasteiger partial charge in [0, 0.05) is 13.0 Å². The summed E-state index contributed by atoms with van der Waals surface area (Å²) < 4.78 is 0. The Morgan fingerprint density at radius 1 is 0.491 bits per heavy atom.